The number of aromatic nitrogens is 1. The highest BCUT2D eigenvalue weighted by Gasteiger charge is 2.23. The van der Waals surface area contributed by atoms with Gasteiger partial charge < -0.3 is 10.7 Å². The minimum Gasteiger partial charge on any atom is -0.339 e. The van der Waals surface area contributed by atoms with Crippen LogP contribution in [0.25, 0.3) is 10.9 Å². The SMILES string of the molecule is CCCc1cccc(C(=S)c2ccc3c(c2)c(C2CCN(CCC)CC2)cn3N)c1. The van der Waals surface area contributed by atoms with E-state index in [9.17, 15) is 0 Å². The van der Waals surface area contributed by atoms with Gasteiger partial charge in [0.15, 0.2) is 0 Å². The number of fused-ring (bicyclic) bond motifs is 1. The van der Waals surface area contributed by atoms with Gasteiger partial charge in [0.05, 0.1) is 10.4 Å². The molecule has 0 spiro atoms. The van der Waals surface area contributed by atoms with Crippen LogP contribution in [0.2, 0.25) is 0 Å². The third-order valence-corrected chi connectivity index (χ3v) is 6.89. The van der Waals surface area contributed by atoms with Gasteiger partial charge in [0.1, 0.15) is 0 Å². The average Bonchev–Trinajstić information content (AvgIpc) is 3.10. The molecule has 1 fully saturated rings. The van der Waals surface area contributed by atoms with Gasteiger partial charge in [-0.1, -0.05) is 62.8 Å². The summed E-state index contributed by atoms with van der Waals surface area (Å²) in [5, 5.41) is 1.26. The molecule has 2 N–H and O–H groups in total. The molecule has 3 aromatic rings. The monoisotopic (exact) mass is 419 g/mol. The second kappa shape index (κ2) is 9.32. The topological polar surface area (TPSA) is 34.2 Å². The summed E-state index contributed by atoms with van der Waals surface area (Å²) in [7, 11) is 0. The minimum atomic E-state index is 0.571. The molecular formula is C26H33N3S. The second-order valence-corrected chi connectivity index (χ2v) is 9.03. The first-order chi connectivity index (χ1) is 14.6. The van der Waals surface area contributed by atoms with Crippen LogP contribution in [0.5, 0.6) is 0 Å². The molecule has 0 radical (unpaired) electrons. The fourth-order valence-corrected chi connectivity index (χ4v) is 5.11. The highest BCUT2D eigenvalue weighted by Crippen LogP contribution is 2.34. The van der Waals surface area contributed by atoms with E-state index >= 15 is 0 Å². The maximum Gasteiger partial charge on any atom is 0.0693 e. The van der Waals surface area contributed by atoms with Crippen molar-refractivity contribution in [3.8, 4) is 0 Å². The van der Waals surface area contributed by atoms with Crippen LogP contribution in [-0.2, 0) is 6.42 Å². The molecule has 0 bridgehead atoms. The van der Waals surface area contributed by atoms with Crippen molar-refractivity contribution in [2.75, 3.05) is 25.5 Å². The first kappa shape index (κ1) is 21.1. The van der Waals surface area contributed by atoms with E-state index in [0.717, 1.165) is 34.3 Å². The maximum absolute atomic E-state index is 6.32. The molecule has 0 aliphatic carbocycles. The van der Waals surface area contributed by atoms with Crippen molar-refractivity contribution in [3.05, 3.63) is 70.9 Å². The van der Waals surface area contributed by atoms with Crippen LogP contribution in [0.4, 0.5) is 0 Å². The first-order valence-electron chi connectivity index (χ1n) is 11.4. The summed E-state index contributed by atoms with van der Waals surface area (Å²) in [5.41, 5.74) is 6.07. The van der Waals surface area contributed by atoms with Crippen molar-refractivity contribution >= 4 is 28.0 Å². The summed E-state index contributed by atoms with van der Waals surface area (Å²) in [4.78, 5) is 3.51. The Morgan fingerprint density at radius 1 is 1.03 bits per heavy atom. The lowest BCUT2D eigenvalue weighted by molar-refractivity contribution is 0.213. The standard InChI is InChI=1S/C26H33N3S/c1-3-6-19-7-5-8-21(16-19)26(30)22-9-10-25-23(17-22)24(18-29(25)27)20-11-14-28(13-4-2)15-12-20/h5,7-10,16-18,20H,3-4,6,11-15,27H2,1-2H3. The fourth-order valence-electron chi connectivity index (χ4n) is 4.86. The van der Waals surface area contributed by atoms with Gasteiger partial charge in [-0.25, -0.2) is 0 Å². The van der Waals surface area contributed by atoms with Gasteiger partial charge in [0, 0.05) is 11.6 Å². The Kier molecular flexibility index (Phi) is 6.55. The predicted octanol–water partition coefficient (Wildman–Crippen LogP) is 5.66. The number of hydrogen-bond acceptors (Lipinski definition) is 3. The number of likely N-dealkylation sites (tertiary alicyclic amines) is 1. The first-order valence-corrected chi connectivity index (χ1v) is 11.8. The van der Waals surface area contributed by atoms with Gasteiger partial charge in [-0.2, -0.15) is 0 Å². The Morgan fingerprint density at radius 3 is 2.53 bits per heavy atom. The van der Waals surface area contributed by atoms with E-state index < -0.39 is 0 Å². The number of rotatable bonds is 7. The Hall–Kier alpha value is -2.17. The summed E-state index contributed by atoms with van der Waals surface area (Å²) in [6.07, 6.45) is 8.01. The smallest absolute Gasteiger partial charge is 0.0693 e. The largest absolute Gasteiger partial charge is 0.339 e. The zero-order valence-electron chi connectivity index (χ0n) is 18.2. The van der Waals surface area contributed by atoms with Gasteiger partial charge in [0.25, 0.3) is 0 Å². The predicted molar refractivity (Wildman–Crippen MR) is 132 cm³/mol. The van der Waals surface area contributed by atoms with E-state index in [4.69, 9.17) is 18.1 Å². The van der Waals surface area contributed by atoms with Crippen molar-refractivity contribution in [1.82, 2.24) is 9.58 Å². The summed E-state index contributed by atoms with van der Waals surface area (Å²) < 4.78 is 1.79. The lowest BCUT2D eigenvalue weighted by Crippen LogP contribution is -2.33. The van der Waals surface area contributed by atoms with Crippen LogP contribution in [-0.4, -0.2) is 34.1 Å². The Bertz CT molecular complexity index is 1030. The molecule has 1 saturated heterocycles. The molecular weight excluding hydrogens is 386 g/mol. The molecule has 1 aliphatic rings. The summed E-state index contributed by atoms with van der Waals surface area (Å²) in [6.45, 7) is 8.04. The number of benzene rings is 2. The number of nitrogens with zero attached hydrogens (tertiary/aromatic N) is 2. The zero-order chi connectivity index (χ0) is 21.1. The number of nitrogen functional groups attached to an aromatic ring is 1. The van der Waals surface area contributed by atoms with Crippen LogP contribution < -0.4 is 5.84 Å². The Balaban J connectivity index is 1.63. The molecule has 0 amide bonds. The van der Waals surface area contributed by atoms with E-state index in [1.165, 1.54) is 55.4 Å². The minimum absolute atomic E-state index is 0.571. The van der Waals surface area contributed by atoms with E-state index in [0.29, 0.717) is 5.92 Å². The quantitative estimate of drug-likeness (QED) is 0.305. The van der Waals surface area contributed by atoms with E-state index in [1.54, 1.807) is 4.68 Å². The third kappa shape index (κ3) is 4.30. The van der Waals surface area contributed by atoms with Crippen molar-refractivity contribution in [1.29, 1.82) is 0 Å². The van der Waals surface area contributed by atoms with Gasteiger partial charge in [0.2, 0.25) is 0 Å². The molecule has 0 unspecified atom stereocenters. The molecule has 3 nitrogen and oxygen atoms in total. The summed E-state index contributed by atoms with van der Waals surface area (Å²) in [5.74, 6) is 6.89. The molecule has 2 aromatic carbocycles. The molecule has 1 aliphatic heterocycles. The normalized spacial score (nSPS) is 15.7. The lowest BCUT2D eigenvalue weighted by Gasteiger charge is -2.31. The molecule has 0 saturated carbocycles. The lowest BCUT2D eigenvalue weighted by atomic mass is 9.88. The van der Waals surface area contributed by atoms with Crippen LogP contribution in [0.15, 0.2) is 48.7 Å². The number of hydrogen-bond donors (Lipinski definition) is 1. The maximum atomic E-state index is 6.32. The van der Waals surface area contributed by atoms with E-state index in [1.807, 2.05) is 0 Å². The molecule has 30 heavy (non-hydrogen) atoms. The van der Waals surface area contributed by atoms with Crippen molar-refractivity contribution in [2.45, 2.75) is 51.9 Å². The molecule has 2 heterocycles. The fraction of sp³-hybridized carbons (Fsp3) is 0.423. The van der Waals surface area contributed by atoms with Crippen LogP contribution in [0, 0.1) is 0 Å². The number of nitrogens with two attached hydrogens (primary N) is 1. The third-order valence-electron chi connectivity index (χ3n) is 6.42. The van der Waals surface area contributed by atoms with Gasteiger partial charge in [-0.05, 0) is 85.6 Å². The number of piperidine rings is 1. The van der Waals surface area contributed by atoms with Crippen LogP contribution in [0.1, 0.15) is 67.7 Å². The van der Waals surface area contributed by atoms with Crippen molar-refractivity contribution in [2.24, 2.45) is 0 Å². The molecule has 4 heteroatoms. The van der Waals surface area contributed by atoms with Crippen molar-refractivity contribution in [3.63, 3.8) is 0 Å². The van der Waals surface area contributed by atoms with Crippen molar-refractivity contribution < 1.29 is 0 Å². The molecule has 4 rings (SSSR count). The van der Waals surface area contributed by atoms with Gasteiger partial charge >= 0.3 is 0 Å². The van der Waals surface area contributed by atoms with Gasteiger partial charge in [-0.3, -0.25) is 4.68 Å². The zero-order valence-corrected chi connectivity index (χ0v) is 19.0. The Morgan fingerprint density at radius 2 is 1.80 bits per heavy atom. The van der Waals surface area contributed by atoms with Crippen LogP contribution >= 0.6 is 12.2 Å². The molecule has 158 valence electrons. The number of thiocarbonyl (C=S) groups is 1. The second-order valence-electron chi connectivity index (χ2n) is 8.62. The highest BCUT2D eigenvalue weighted by atomic mass is 32.1. The highest BCUT2D eigenvalue weighted by molar-refractivity contribution is 7.81. The average molecular weight is 420 g/mol. The summed E-state index contributed by atoms with van der Waals surface area (Å²) >= 11 is 5.90. The van der Waals surface area contributed by atoms with Crippen LogP contribution in [0.3, 0.4) is 0 Å². The Labute approximate surface area is 185 Å². The van der Waals surface area contributed by atoms with E-state index in [2.05, 4.69) is 67.4 Å². The van der Waals surface area contributed by atoms with E-state index in [-0.39, 0.29) is 0 Å². The van der Waals surface area contributed by atoms with Gasteiger partial charge in [-0.15, -0.1) is 0 Å². The molecule has 0 atom stereocenters. The summed E-state index contributed by atoms with van der Waals surface area (Å²) in [6, 6.07) is 15.2. The number of aryl methyl sites for hydroxylation is 1. The molecule has 1 aromatic heterocycles.